The molecule has 0 fully saturated rings. The molecule has 0 atom stereocenters. The molecule has 3 rings (SSSR count). The van der Waals surface area contributed by atoms with Crippen molar-refractivity contribution < 1.29 is 9.63 Å². The maximum absolute atomic E-state index is 9.86. The molecule has 0 aliphatic heterocycles. The Kier molecular flexibility index (Phi) is 3.00. The molecule has 6 heteroatoms. The van der Waals surface area contributed by atoms with E-state index in [1.807, 2.05) is 0 Å². The van der Waals surface area contributed by atoms with Gasteiger partial charge in [-0.25, -0.2) is 0 Å². The second-order valence-corrected chi connectivity index (χ2v) is 4.74. The van der Waals surface area contributed by atoms with Crippen LogP contribution in [0.3, 0.4) is 0 Å². The summed E-state index contributed by atoms with van der Waals surface area (Å²) in [4.78, 5) is 8.19. The molecule has 5 nitrogen and oxygen atoms in total. The lowest BCUT2D eigenvalue weighted by molar-refractivity contribution is 0.425. The van der Waals surface area contributed by atoms with Crippen LogP contribution in [0.15, 0.2) is 51.7 Å². The van der Waals surface area contributed by atoms with Gasteiger partial charge in [-0.15, -0.1) is 0 Å². The third-order valence-corrected chi connectivity index (χ3v) is 3.05. The average Bonchev–Trinajstić information content (AvgIpc) is 2.89. The summed E-state index contributed by atoms with van der Waals surface area (Å²) in [6, 6.07) is 8.66. The first kappa shape index (κ1) is 11.9. The van der Waals surface area contributed by atoms with Crippen molar-refractivity contribution in [2.75, 3.05) is 0 Å². The highest BCUT2D eigenvalue weighted by atomic mass is 79.9. The minimum absolute atomic E-state index is 0.0827. The molecule has 19 heavy (non-hydrogen) atoms. The van der Waals surface area contributed by atoms with Gasteiger partial charge in [-0.05, 0) is 30.3 Å². The Morgan fingerprint density at radius 1 is 1.11 bits per heavy atom. The molecule has 0 saturated carbocycles. The Bertz CT molecular complexity index is 713. The molecule has 94 valence electrons. The van der Waals surface area contributed by atoms with Crippen molar-refractivity contribution in [3.8, 4) is 28.6 Å². The molecule has 0 radical (unpaired) electrons. The van der Waals surface area contributed by atoms with E-state index in [1.165, 1.54) is 0 Å². The first-order chi connectivity index (χ1) is 9.24. The molecule has 1 N–H and O–H groups in total. The zero-order valence-corrected chi connectivity index (χ0v) is 11.2. The van der Waals surface area contributed by atoms with Gasteiger partial charge in [-0.2, -0.15) is 4.98 Å². The first-order valence-corrected chi connectivity index (χ1v) is 6.26. The number of rotatable bonds is 2. The van der Waals surface area contributed by atoms with E-state index in [4.69, 9.17) is 4.52 Å². The summed E-state index contributed by atoms with van der Waals surface area (Å²) in [7, 11) is 0. The maximum atomic E-state index is 9.86. The molecule has 0 bridgehead atoms. The summed E-state index contributed by atoms with van der Waals surface area (Å²) >= 11 is 3.28. The van der Waals surface area contributed by atoms with Gasteiger partial charge in [-0.1, -0.05) is 21.1 Å². The second kappa shape index (κ2) is 4.81. The SMILES string of the molecule is Oc1cc(Br)ccc1-c1nc(-c2ccncc2)no1. The van der Waals surface area contributed by atoms with Crippen LogP contribution in [0, 0.1) is 0 Å². The van der Waals surface area contributed by atoms with Crippen LogP contribution in [-0.2, 0) is 0 Å². The monoisotopic (exact) mass is 317 g/mol. The van der Waals surface area contributed by atoms with Gasteiger partial charge in [0.2, 0.25) is 5.82 Å². The van der Waals surface area contributed by atoms with Crippen molar-refractivity contribution >= 4 is 15.9 Å². The topological polar surface area (TPSA) is 72.0 Å². The minimum Gasteiger partial charge on any atom is -0.507 e. The molecule has 0 unspecified atom stereocenters. The van der Waals surface area contributed by atoms with Gasteiger partial charge >= 0.3 is 0 Å². The highest BCUT2D eigenvalue weighted by Gasteiger charge is 2.13. The summed E-state index contributed by atoms with van der Waals surface area (Å²) in [6.45, 7) is 0. The highest BCUT2D eigenvalue weighted by Crippen LogP contribution is 2.31. The third kappa shape index (κ3) is 2.34. The molecule has 1 aromatic carbocycles. The summed E-state index contributed by atoms with van der Waals surface area (Å²) < 4.78 is 5.95. The zero-order chi connectivity index (χ0) is 13.2. The fourth-order valence-corrected chi connectivity index (χ4v) is 1.99. The minimum atomic E-state index is 0.0827. The van der Waals surface area contributed by atoms with Crippen LogP contribution in [0.1, 0.15) is 0 Å². The predicted molar refractivity (Wildman–Crippen MR) is 72.3 cm³/mol. The first-order valence-electron chi connectivity index (χ1n) is 5.47. The molecule has 0 aliphatic rings. The van der Waals surface area contributed by atoms with Gasteiger partial charge < -0.3 is 9.63 Å². The predicted octanol–water partition coefficient (Wildman–Crippen LogP) is 3.27. The Morgan fingerprint density at radius 3 is 2.63 bits per heavy atom. The summed E-state index contributed by atoms with van der Waals surface area (Å²) in [5.41, 5.74) is 1.30. The van der Waals surface area contributed by atoms with E-state index in [2.05, 4.69) is 31.1 Å². The number of pyridine rings is 1. The average molecular weight is 318 g/mol. The van der Waals surface area contributed by atoms with E-state index in [0.29, 0.717) is 11.4 Å². The molecular weight excluding hydrogens is 310 g/mol. The van der Waals surface area contributed by atoms with Crippen molar-refractivity contribution in [3.63, 3.8) is 0 Å². The van der Waals surface area contributed by atoms with Crippen molar-refractivity contribution in [1.82, 2.24) is 15.1 Å². The van der Waals surface area contributed by atoms with Crippen LogP contribution in [0.25, 0.3) is 22.8 Å². The van der Waals surface area contributed by atoms with Crippen LogP contribution in [0.5, 0.6) is 5.75 Å². The van der Waals surface area contributed by atoms with Crippen molar-refractivity contribution in [1.29, 1.82) is 0 Å². The van der Waals surface area contributed by atoms with Crippen molar-refractivity contribution in [2.24, 2.45) is 0 Å². The van der Waals surface area contributed by atoms with Gasteiger partial charge in [0.05, 0.1) is 5.56 Å². The number of nitrogens with zero attached hydrogens (tertiary/aromatic N) is 3. The van der Waals surface area contributed by atoms with E-state index in [0.717, 1.165) is 10.0 Å². The smallest absolute Gasteiger partial charge is 0.261 e. The summed E-state index contributed by atoms with van der Waals surface area (Å²) in [5, 5.41) is 13.7. The maximum Gasteiger partial charge on any atom is 0.261 e. The van der Waals surface area contributed by atoms with Crippen LogP contribution < -0.4 is 0 Å². The molecule has 2 heterocycles. The van der Waals surface area contributed by atoms with Crippen LogP contribution in [0.4, 0.5) is 0 Å². The zero-order valence-electron chi connectivity index (χ0n) is 9.62. The van der Waals surface area contributed by atoms with Crippen molar-refractivity contribution in [2.45, 2.75) is 0 Å². The Labute approximate surface area is 117 Å². The molecule has 3 aromatic rings. The van der Waals surface area contributed by atoms with Gasteiger partial charge in [0.1, 0.15) is 5.75 Å². The number of phenolic OH excluding ortho intramolecular Hbond substituents is 1. The van der Waals surface area contributed by atoms with Gasteiger partial charge in [0.25, 0.3) is 5.89 Å². The molecule has 0 saturated heterocycles. The Morgan fingerprint density at radius 2 is 1.89 bits per heavy atom. The Balaban J connectivity index is 2.02. The normalized spacial score (nSPS) is 10.6. The van der Waals surface area contributed by atoms with Gasteiger partial charge in [0, 0.05) is 22.4 Å². The number of hydrogen-bond donors (Lipinski definition) is 1. The number of aromatic nitrogens is 3. The highest BCUT2D eigenvalue weighted by molar-refractivity contribution is 9.10. The molecule has 2 aromatic heterocycles. The fraction of sp³-hybridized carbons (Fsp3) is 0. The number of benzene rings is 1. The largest absolute Gasteiger partial charge is 0.507 e. The lowest BCUT2D eigenvalue weighted by Crippen LogP contribution is -1.82. The number of aromatic hydroxyl groups is 1. The van der Waals surface area contributed by atoms with Gasteiger partial charge in [0.15, 0.2) is 0 Å². The number of halogens is 1. The van der Waals surface area contributed by atoms with Crippen LogP contribution in [-0.4, -0.2) is 20.2 Å². The van der Waals surface area contributed by atoms with E-state index in [-0.39, 0.29) is 11.6 Å². The number of phenols is 1. The third-order valence-electron chi connectivity index (χ3n) is 2.55. The molecule has 0 spiro atoms. The van der Waals surface area contributed by atoms with E-state index in [9.17, 15) is 5.11 Å². The standard InChI is InChI=1S/C13H8BrN3O2/c14-9-1-2-10(11(18)7-9)13-16-12(17-19-13)8-3-5-15-6-4-8/h1-7,18H. The van der Waals surface area contributed by atoms with Gasteiger partial charge in [-0.3, -0.25) is 4.98 Å². The van der Waals surface area contributed by atoms with Crippen LogP contribution >= 0.6 is 15.9 Å². The second-order valence-electron chi connectivity index (χ2n) is 3.82. The van der Waals surface area contributed by atoms with E-state index >= 15 is 0 Å². The van der Waals surface area contributed by atoms with Crippen LogP contribution in [0.2, 0.25) is 0 Å². The lowest BCUT2D eigenvalue weighted by Gasteiger charge is -1.98. The summed E-state index contributed by atoms with van der Waals surface area (Å²) in [5.74, 6) is 0.816. The lowest BCUT2D eigenvalue weighted by atomic mass is 10.2. The summed E-state index contributed by atoms with van der Waals surface area (Å²) in [6.07, 6.45) is 3.31. The molecular formula is C13H8BrN3O2. The molecule has 0 aliphatic carbocycles. The molecule has 0 amide bonds. The van der Waals surface area contributed by atoms with E-state index < -0.39 is 0 Å². The fourth-order valence-electron chi connectivity index (χ4n) is 1.64. The quantitative estimate of drug-likeness (QED) is 0.785. The number of hydrogen-bond acceptors (Lipinski definition) is 5. The van der Waals surface area contributed by atoms with E-state index in [1.54, 1.807) is 42.7 Å². The van der Waals surface area contributed by atoms with Crippen molar-refractivity contribution in [3.05, 3.63) is 47.2 Å². The Hall–Kier alpha value is -2.21.